The fourth-order valence-electron chi connectivity index (χ4n) is 3.15. The second-order valence-electron chi connectivity index (χ2n) is 6.31. The zero-order valence-electron chi connectivity index (χ0n) is 13.9. The number of aliphatic imine (C=N–C) groups is 1. The van der Waals surface area contributed by atoms with Gasteiger partial charge in [-0.05, 0) is 19.5 Å². The van der Waals surface area contributed by atoms with Crippen LogP contribution in [0.1, 0.15) is 27.2 Å². The molecule has 6 heteroatoms. The highest BCUT2D eigenvalue weighted by Gasteiger charge is 2.34. The fraction of sp³-hybridized carbons (Fsp3) is 0.933. The van der Waals surface area contributed by atoms with Gasteiger partial charge in [0.2, 0.25) is 0 Å². The van der Waals surface area contributed by atoms with Crippen molar-refractivity contribution in [2.45, 2.75) is 33.2 Å². The van der Waals surface area contributed by atoms with E-state index < -0.39 is 0 Å². The third-order valence-electron chi connectivity index (χ3n) is 4.58. The number of nitrogens with one attached hydrogen (secondary N) is 1. The maximum atomic E-state index is 5.31. The van der Waals surface area contributed by atoms with Crippen molar-refractivity contribution in [2.75, 3.05) is 53.0 Å². The van der Waals surface area contributed by atoms with Gasteiger partial charge < -0.3 is 15.0 Å². The zero-order valence-corrected chi connectivity index (χ0v) is 16.2. The molecule has 0 saturated carbocycles. The predicted octanol–water partition coefficient (Wildman–Crippen LogP) is 1.63. The molecule has 0 radical (unpaired) electrons. The van der Waals surface area contributed by atoms with E-state index in [0.29, 0.717) is 6.04 Å². The molecule has 1 N–H and O–H groups in total. The first kappa shape index (κ1) is 19.0. The molecule has 0 aromatic heterocycles. The summed E-state index contributed by atoms with van der Waals surface area (Å²) in [5, 5.41) is 3.53. The highest BCUT2D eigenvalue weighted by Crippen LogP contribution is 2.25. The molecule has 2 fully saturated rings. The Morgan fingerprint density at radius 2 is 2.05 bits per heavy atom. The van der Waals surface area contributed by atoms with Crippen molar-refractivity contribution >= 4 is 29.9 Å². The maximum absolute atomic E-state index is 5.31. The van der Waals surface area contributed by atoms with Crippen LogP contribution >= 0.6 is 24.0 Å². The van der Waals surface area contributed by atoms with Gasteiger partial charge in [0, 0.05) is 38.1 Å². The molecular weight excluding hydrogens is 379 g/mol. The highest BCUT2D eigenvalue weighted by atomic mass is 127. The Balaban J connectivity index is 0.00000220. The smallest absolute Gasteiger partial charge is 0.193 e. The Hall–Kier alpha value is -0.0800. The van der Waals surface area contributed by atoms with Gasteiger partial charge in [0.05, 0.1) is 13.2 Å². The Labute approximate surface area is 146 Å². The van der Waals surface area contributed by atoms with Crippen LogP contribution in [0.2, 0.25) is 0 Å². The van der Waals surface area contributed by atoms with Crippen molar-refractivity contribution in [3.05, 3.63) is 0 Å². The minimum absolute atomic E-state index is 0. The number of likely N-dealkylation sites (tertiary alicyclic amines) is 1. The number of likely N-dealkylation sites (N-methyl/N-ethyl adjacent to an activating group) is 1. The van der Waals surface area contributed by atoms with Gasteiger partial charge in [-0.1, -0.05) is 20.8 Å². The van der Waals surface area contributed by atoms with Crippen LogP contribution in [-0.4, -0.2) is 74.8 Å². The molecular formula is C15H31IN4O. The van der Waals surface area contributed by atoms with E-state index in [1.54, 1.807) is 0 Å². The Morgan fingerprint density at radius 1 is 1.38 bits per heavy atom. The molecule has 124 valence electrons. The lowest BCUT2D eigenvalue weighted by Gasteiger charge is -2.39. The molecule has 0 aliphatic carbocycles. The lowest BCUT2D eigenvalue weighted by Crippen LogP contribution is -2.52. The van der Waals surface area contributed by atoms with Crippen LogP contribution in [0, 0.1) is 5.41 Å². The van der Waals surface area contributed by atoms with Gasteiger partial charge in [0.25, 0.3) is 0 Å². The highest BCUT2D eigenvalue weighted by molar-refractivity contribution is 14.0. The van der Waals surface area contributed by atoms with Gasteiger partial charge in [-0.2, -0.15) is 0 Å². The van der Waals surface area contributed by atoms with Gasteiger partial charge in [-0.3, -0.25) is 9.89 Å². The summed E-state index contributed by atoms with van der Waals surface area (Å²) in [5.74, 6) is 1.05. The van der Waals surface area contributed by atoms with E-state index in [9.17, 15) is 0 Å². The summed E-state index contributed by atoms with van der Waals surface area (Å²) in [6, 6.07) is 0.672. The van der Waals surface area contributed by atoms with Gasteiger partial charge >= 0.3 is 0 Å². The van der Waals surface area contributed by atoms with Crippen LogP contribution in [0.5, 0.6) is 0 Å². The van der Waals surface area contributed by atoms with Crippen LogP contribution in [0.3, 0.4) is 0 Å². The summed E-state index contributed by atoms with van der Waals surface area (Å²) in [6.45, 7) is 13.9. The van der Waals surface area contributed by atoms with Crippen LogP contribution in [0.25, 0.3) is 0 Å². The molecule has 2 heterocycles. The number of nitrogens with zero attached hydrogens (tertiary/aromatic N) is 3. The number of rotatable bonds is 5. The van der Waals surface area contributed by atoms with E-state index in [1.165, 1.54) is 6.42 Å². The second-order valence-corrected chi connectivity index (χ2v) is 6.31. The minimum Gasteiger partial charge on any atom is -0.380 e. The van der Waals surface area contributed by atoms with E-state index in [-0.39, 0.29) is 29.4 Å². The summed E-state index contributed by atoms with van der Waals surface area (Å²) in [5.41, 5.74) is 0.286. The quantitative estimate of drug-likeness (QED) is 0.425. The fourth-order valence-corrected chi connectivity index (χ4v) is 3.15. The molecule has 0 spiro atoms. The molecule has 0 aromatic carbocycles. The first-order valence-corrected chi connectivity index (χ1v) is 7.89. The minimum atomic E-state index is 0. The first-order chi connectivity index (χ1) is 9.61. The van der Waals surface area contributed by atoms with Crippen molar-refractivity contribution in [1.82, 2.24) is 15.1 Å². The third-order valence-corrected chi connectivity index (χ3v) is 4.58. The molecule has 1 atom stereocenters. The van der Waals surface area contributed by atoms with E-state index in [1.807, 2.05) is 7.05 Å². The molecule has 2 aliphatic rings. The molecule has 2 aliphatic heterocycles. The van der Waals surface area contributed by atoms with E-state index in [4.69, 9.17) is 4.74 Å². The molecule has 2 rings (SSSR count). The van der Waals surface area contributed by atoms with Gasteiger partial charge in [0.1, 0.15) is 0 Å². The second kappa shape index (κ2) is 8.53. The average molecular weight is 410 g/mol. The molecule has 0 aromatic rings. The van der Waals surface area contributed by atoms with Crippen LogP contribution in [0.15, 0.2) is 4.99 Å². The van der Waals surface area contributed by atoms with E-state index in [0.717, 1.165) is 51.9 Å². The lowest BCUT2D eigenvalue weighted by atomic mass is 9.89. The monoisotopic (exact) mass is 410 g/mol. The summed E-state index contributed by atoms with van der Waals surface area (Å²) < 4.78 is 5.31. The number of ether oxygens (including phenoxy) is 1. The molecule has 0 bridgehead atoms. The van der Waals surface area contributed by atoms with Crippen molar-refractivity contribution in [1.29, 1.82) is 0 Å². The predicted molar refractivity (Wildman–Crippen MR) is 98.6 cm³/mol. The van der Waals surface area contributed by atoms with Crippen LogP contribution in [-0.2, 0) is 4.74 Å². The van der Waals surface area contributed by atoms with Crippen LogP contribution < -0.4 is 5.32 Å². The number of halogens is 1. The van der Waals surface area contributed by atoms with Crippen LogP contribution in [0.4, 0.5) is 0 Å². The number of hydrogen-bond acceptors (Lipinski definition) is 3. The number of guanidine groups is 1. The summed E-state index contributed by atoms with van der Waals surface area (Å²) in [4.78, 5) is 9.39. The normalized spacial score (nSPS) is 24.7. The topological polar surface area (TPSA) is 40.1 Å². The van der Waals surface area contributed by atoms with Crippen molar-refractivity contribution in [2.24, 2.45) is 10.4 Å². The molecule has 1 unspecified atom stereocenters. The Morgan fingerprint density at radius 3 is 2.52 bits per heavy atom. The number of hydrogen-bond donors (Lipinski definition) is 1. The van der Waals surface area contributed by atoms with Crippen molar-refractivity contribution in [3.8, 4) is 0 Å². The van der Waals surface area contributed by atoms with Gasteiger partial charge in [-0.25, -0.2) is 0 Å². The SMILES string of the molecule is CCN(CC)C1CCN(C(=NC)NCC2(C)COC2)C1.I. The largest absolute Gasteiger partial charge is 0.380 e. The zero-order chi connectivity index (χ0) is 14.6. The standard InChI is InChI=1S/C15H30N4O.HI/c1-5-18(6-2)13-7-8-19(9-13)14(16-4)17-10-15(3)11-20-12-15;/h13H,5-12H2,1-4H3,(H,16,17);1H. The Bertz CT molecular complexity index is 343. The Kier molecular flexibility index (Phi) is 7.70. The third kappa shape index (κ3) is 4.69. The lowest BCUT2D eigenvalue weighted by molar-refractivity contribution is -0.0972. The molecule has 2 saturated heterocycles. The summed E-state index contributed by atoms with van der Waals surface area (Å²) in [7, 11) is 1.88. The average Bonchev–Trinajstić information content (AvgIpc) is 2.88. The molecule has 21 heavy (non-hydrogen) atoms. The van der Waals surface area contributed by atoms with Gasteiger partial charge in [0.15, 0.2) is 5.96 Å². The van der Waals surface area contributed by atoms with Crippen molar-refractivity contribution in [3.63, 3.8) is 0 Å². The van der Waals surface area contributed by atoms with Crippen molar-refractivity contribution < 1.29 is 4.74 Å². The molecule has 0 amide bonds. The van der Waals surface area contributed by atoms with E-state index in [2.05, 4.69) is 40.9 Å². The molecule has 5 nitrogen and oxygen atoms in total. The summed E-state index contributed by atoms with van der Waals surface area (Å²) in [6.07, 6.45) is 1.24. The first-order valence-electron chi connectivity index (χ1n) is 7.89. The summed E-state index contributed by atoms with van der Waals surface area (Å²) >= 11 is 0. The van der Waals surface area contributed by atoms with E-state index >= 15 is 0 Å². The van der Waals surface area contributed by atoms with Gasteiger partial charge in [-0.15, -0.1) is 24.0 Å². The maximum Gasteiger partial charge on any atom is 0.193 e.